The molecule has 1 fully saturated rings. The highest BCUT2D eigenvalue weighted by Crippen LogP contribution is 2.51. The average molecular weight is 1640 g/mol. The fourth-order valence-electron chi connectivity index (χ4n) is 18.1. The van der Waals surface area contributed by atoms with Crippen LogP contribution in [0, 0.1) is 35.5 Å². The Morgan fingerprint density at radius 2 is 0.783 bits per heavy atom. The Labute approximate surface area is 723 Å². The van der Waals surface area contributed by atoms with E-state index in [4.69, 9.17) is 47.4 Å². The molecule has 0 radical (unpaired) electrons. The van der Waals surface area contributed by atoms with E-state index in [1.165, 1.54) is 134 Å². The van der Waals surface area contributed by atoms with Crippen LogP contribution in [-0.4, -0.2) is 66.9 Å². The molecular weight excluding hydrogens is 1490 g/mol. The van der Waals surface area contributed by atoms with Gasteiger partial charge in [-0.2, -0.15) is 0 Å². The molecular formula is C108H150O12. The zero-order chi connectivity index (χ0) is 87.8. The number of hydrogen-bond donors (Lipinski definition) is 0. The minimum atomic E-state index is -0.647. The molecule has 15 rings (SSSR count). The summed E-state index contributed by atoms with van der Waals surface area (Å²) in [4.78, 5) is 23.5. The fourth-order valence-corrected chi connectivity index (χ4v) is 18.1. The Hall–Kier alpha value is -8.06. The molecule has 0 spiro atoms. The summed E-state index contributed by atoms with van der Waals surface area (Å²) in [6, 6.07) is 47.1. The van der Waals surface area contributed by atoms with Gasteiger partial charge in [-0.05, 0) is 330 Å². The summed E-state index contributed by atoms with van der Waals surface area (Å²) in [5.74, 6) is 13.3. The summed E-state index contributed by atoms with van der Waals surface area (Å²) >= 11 is 0. The van der Waals surface area contributed by atoms with Crippen LogP contribution in [0.2, 0.25) is 0 Å². The first-order valence-electron chi connectivity index (χ1n) is 45.8. The lowest BCUT2D eigenvalue weighted by Crippen LogP contribution is -2.32. The molecule has 12 nitrogen and oxygen atoms in total. The molecule has 8 aromatic carbocycles. The van der Waals surface area contributed by atoms with Crippen molar-refractivity contribution in [3.63, 3.8) is 0 Å². The van der Waals surface area contributed by atoms with Gasteiger partial charge in [0.05, 0.1) is 6.10 Å². The number of rotatable bonds is 19. The Morgan fingerprint density at radius 1 is 0.392 bits per heavy atom. The third-order valence-corrected chi connectivity index (χ3v) is 27.1. The molecule has 12 heteroatoms. The van der Waals surface area contributed by atoms with Crippen molar-refractivity contribution >= 4 is 33.7 Å². The highest BCUT2D eigenvalue weighted by Gasteiger charge is 2.35. The fraction of sp³-hybridized carbons (Fsp3) is 0.574. The maximum Gasteiger partial charge on any atom is 0.514 e. The highest BCUT2D eigenvalue weighted by molar-refractivity contribution is 5.97. The Kier molecular flexibility index (Phi) is 31.5. The van der Waals surface area contributed by atoms with Crippen LogP contribution in [0.5, 0.6) is 34.5 Å². The van der Waals surface area contributed by atoms with Crippen molar-refractivity contribution in [2.75, 3.05) is 13.7 Å². The molecule has 120 heavy (non-hydrogen) atoms. The Balaban J connectivity index is 0.000000152. The van der Waals surface area contributed by atoms with Gasteiger partial charge in [-0.15, -0.1) is 0 Å². The lowest BCUT2D eigenvalue weighted by molar-refractivity contribution is -0.157. The SMILES string of the molecule is CC(C)C(Oc1ccc2c(c1)CC(C)C2C)OC1CCCCC1.CC1Cc2cc(OC(=O)OC(C)(C)C)ccc2C1C.CC1c2cccc3c(OCC(=O)OC(C)(C)C)ccc(c23)C1C.CCC(C)(C)Oc1ccc2c(c1)CC(C)C2C.CCC(C)(C)Oc1ccc2c3c(cccc13)C(C)C2C.COC(Oc1ccc2c(c1)C(C)C(C)C2)C(C)C. The number of esters is 1. The molecule has 0 amide bonds. The molecule has 0 N–H and O–H groups in total. The number of ether oxygens (including phenoxy) is 10. The second-order valence-electron chi connectivity index (χ2n) is 40.3. The summed E-state index contributed by atoms with van der Waals surface area (Å²) in [6.45, 7) is 60.1. The topological polar surface area (TPSA) is 126 Å². The van der Waals surface area contributed by atoms with Gasteiger partial charge >= 0.3 is 12.1 Å². The number of carbonyl (C=O) groups is 2. The maximum absolute atomic E-state index is 11.9. The van der Waals surface area contributed by atoms with Crippen molar-refractivity contribution in [2.24, 2.45) is 35.5 Å². The smallest absolute Gasteiger partial charge is 0.488 e. The third kappa shape index (κ3) is 23.6. The van der Waals surface area contributed by atoms with Gasteiger partial charge in [-0.3, -0.25) is 0 Å². The van der Waals surface area contributed by atoms with E-state index in [1.54, 1.807) is 7.11 Å². The lowest BCUT2D eigenvalue weighted by Gasteiger charge is -2.30. The predicted molar refractivity (Wildman–Crippen MR) is 494 cm³/mol. The van der Waals surface area contributed by atoms with Crippen molar-refractivity contribution in [1.29, 1.82) is 0 Å². The predicted octanol–water partition coefficient (Wildman–Crippen LogP) is 28.9. The van der Waals surface area contributed by atoms with Crippen LogP contribution in [0.15, 0.2) is 133 Å². The van der Waals surface area contributed by atoms with Crippen molar-refractivity contribution in [3.8, 4) is 34.5 Å². The summed E-state index contributed by atoms with van der Waals surface area (Å²) in [5.41, 5.74) is 16.0. The minimum absolute atomic E-state index is 0.0654. The molecule has 7 aliphatic carbocycles. The number of benzene rings is 8. The van der Waals surface area contributed by atoms with Crippen LogP contribution in [0.3, 0.4) is 0 Å². The summed E-state index contributed by atoms with van der Waals surface area (Å²) in [5, 5.41) is 5.07. The van der Waals surface area contributed by atoms with E-state index in [-0.39, 0.29) is 36.4 Å². The van der Waals surface area contributed by atoms with Crippen molar-refractivity contribution in [1.82, 2.24) is 0 Å². The van der Waals surface area contributed by atoms with E-state index >= 15 is 0 Å². The third-order valence-electron chi connectivity index (χ3n) is 27.1. The van der Waals surface area contributed by atoms with Gasteiger partial charge in [0.2, 0.25) is 12.6 Å². The largest absolute Gasteiger partial charge is 0.514 e. The quantitative estimate of drug-likeness (QED) is 0.0434. The van der Waals surface area contributed by atoms with Gasteiger partial charge in [-0.25, -0.2) is 9.59 Å². The second-order valence-corrected chi connectivity index (χ2v) is 40.3. The van der Waals surface area contributed by atoms with Crippen LogP contribution >= 0.6 is 0 Å². The van der Waals surface area contributed by atoms with E-state index in [0.717, 1.165) is 71.1 Å². The lowest BCUT2D eigenvalue weighted by atomic mass is 9.94. The standard InChI is InChI=1S/C21H32O2.C20H24O3.C19H24O.C16H22O3.C16H24O2.C16H24O/c1-14(2)21(22-18-8-6-5-7-9-18)23-19-10-11-20-16(4)15(3)12-17(20)13-19;1-12-13(2)15-9-10-17(16-8-6-7-14(12)19(15)16)22-11-18(21)23-20(3,4)5;1-6-19(4,5)20-17-11-10-15-13(3)12(2)14-8-7-9-16(17)18(14)15;1-10-8-12-9-13(6-7-14(12)11(10)2)18-15(17)19-16(3,4)5;1-10(2)16(17-5)18-14-7-6-13-8-11(3)12(4)15(13)9-14;1-6-16(4,5)17-14-7-8-15-12(3)11(2)9-13(15)10-14/h10-11,13-16,18,21H,5-9,12H2,1-4H3;6-10,12-13H,11H2,1-5H3;7-13H,6H2,1-5H3;6-7,9-11H,8H2,1-5H3;6-7,9-12,16H,8H2,1-5H3;7-8,10-12H,6,9H2,1-5H3. The highest BCUT2D eigenvalue weighted by atomic mass is 16.7. The van der Waals surface area contributed by atoms with E-state index in [9.17, 15) is 9.59 Å². The minimum Gasteiger partial charge on any atom is -0.488 e. The summed E-state index contributed by atoms with van der Waals surface area (Å²) in [6.07, 6.45) is 12.4. The number of hydrogen-bond acceptors (Lipinski definition) is 12. The molecule has 0 aliphatic heterocycles. The zero-order valence-electron chi connectivity index (χ0n) is 78.9. The molecule has 14 atom stereocenters. The second kappa shape index (κ2) is 40.1. The molecule has 7 aliphatic rings. The molecule has 14 unspecified atom stereocenters. The van der Waals surface area contributed by atoms with Crippen molar-refractivity contribution in [2.45, 2.75) is 353 Å². The van der Waals surface area contributed by atoms with Gasteiger partial charge in [0, 0.05) is 29.7 Å². The molecule has 654 valence electrons. The van der Waals surface area contributed by atoms with Crippen molar-refractivity contribution in [3.05, 3.63) is 200 Å². The van der Waals surface area contributed by atoms with Gasteiger partial charge < -0.3 is 47.4 Å². The van der Waals surface area contributed by atoms with Gasteiger partial charge in [0.1, 0.15) is 56.9 Å². The van der Waals surface area contributed by atoms with Gasteiger partial charge in [-0.1, -0.05) is 217 Å². The van der Waals surface area contributed by atoms with Crippen LogP contribution < -0.4 is 28.4 Å². The maximum atomic E-state index is 11.9. The van der Waals surface area contributed by atoms with Crippen LogP contribution in [0.4, 0.5) is 4.79 Å². The average Bonchev–Trinajstić information content (AvgIpc) is 1.59. The number of carbonyl (C=O) groups excluding carboxylic acids is 2. The van der Waals surface area contributed by atoms with Crippen LogP contribution in [0.25, 0.3) is 21.5 Å². The first-order chi connectivity index (χ1) is 56.5. The molecule has 1 saturated carbocycles. The van der Waals surface area contributed by atoms with Crippen LogP contribution in [-0.2, 0) is 49.4 Å². The molecule has 8 aromatic rings. The molecule has 0 bridgehead atoms. The molecule has 0 aromatic heterocycles. The Morgan fingerprint density at radius 3 is 1.26 bits per heavy atom. The van der Waals surface area contributed by atoms with Crippen LogP contribution in [0.1, 0.15) is 353 Å². The van der Waals surface area contributed by atoms with E-state index in [2.05, 4.69) is 268 Å². The van der Waals surface area contributed by atoms with E-state index < -0.39 is 17.4 Å². The first-order valence-corrected chi connectivity index (χ1v) is 45.8. The van der Waals surface area contributed by atoms with E-state index in [0.29, 0.717) is 77.0 Å². The zero-order valence-corrected chi connectivity index (χ0v) is 78.9. The normalized spacial score (nSPS) is 22.9. The Bertz CT molecular complexity index is 4720. The summed E-state index contributed by atoms with van der Waals surface area (Å²) < 4.78 is 57.6. The van der Waals surface area contributed by atoms with Crippen molar-refractivity contribution < 1.29 is 57.0 Å². The number of methoxy groups -OCH3 is 1. The first kappa shape index (κ1) is 94.2. The number of fused-ring (bicyclic) bond motifs is 4. The summed E-state index contributed by atoms with van der Waals surface area (Å²) in [7, 11) is 1.70. The van der Waals surface area contributed by atoms with E-state index in [1.807, 2.05) is 59.7 Å². The monoisotopic (exact) mass is 1640 g/mol. The van der Waals surface area contributed by atoms with Gasteiger partial charge in [0.25, 0.3) is 0 Å². The molecule has 0 saturated heterocycles. The molecule has 0 heterocycles. The van der Waals surface area contributed by atoms with Gasteiger partial charge in [0.15, 0.2) is 6.61 Å².